The molecule has 1 rings (SSSR count). The van der Waals surface area contributed by atoms with Crippen molar-refractivity contribution in [2.45, 2.75) is 51.9 Å². The molecule has 0 atom stereocenters. The van der Waals surface area contributed by atoms with Crippen molar-refractivity contribution in [3.63, 3.8) is 0 Å². The Labute approximate surface area is 115 Å². The van der Waals surface area contributed by atoms with E-state index in [-0.39, 0.29) is 0 Å². The number of hydrogen-bond acceptors (Lipinski definition) is 0. The van der Waals surface area contributed by atoms with Crippen LogP contribution >= 0.6 is 0 Å². The van der Waals surface area contributed by atoms with Gasteiger partial charge in [-0.05, 0) is 32.1 Å². The van der Waals surface area contributed by atoms with E-state index in [0.717, 1.165) is 4.48 Å². The van der Waals surface area contributed by atoms with Gasteiger partial charge in [0.05, 0.1) is 53.9 Å². The molecule has 1 aliphatic rings. The van der Waals surface area contributed by atoms with Crippen molar-refractivity contribution in [2.75, 3.05) is 53.9 Å². The van der Waals surface area contributed by atoms with Gasteiger partial charge >= 0.3 is 0 Å². The molecule has 0 aromatic heterocycles. The molecule has 0 saturated carbocycles. The molecule has 2 nitrogen and oxygen atoms in total. The zero-order valence-electron chi connectivity index (χ0n) is 13.4. The smallest absolute Gasteiger partial charge is 0.0788 e. The predicted octanol–water partition coefficient (Wildman–Crippen LogP) is 3.27. The molecular weight excluding hydrogens is 220 g/mol. The van der Waals surface area contributed by atoms with E-state index in [0.29, 0.717) is 0 Å². The predicted molar refractivity (Wildman–Crippen MR) is 80.6 cm³/mol. The summed E-state index contributed by atoms with van der Waals surface area (Å²) in [5.41, 5.74) is 0. The molecule has 0 N–H and O–H groups in total. The van der Waals surface area contributed by atoms with E-state index in [1.165, 1.54) is 82.2 Å². The molecule has 1 aliphatic heterocycles. The third-order valence-electron chi connectivity index (χ3n) is 4.42. The summed E-state index contributed by atoms with van der Waals surface area (Å²) < 4.78 is 2.57. The lowest BCUT2D eigenvalue weighted by atomic mass is 10.1. The monoisotopic (exact) mass is 256 g/mol. The van der Waals surface area contributed by atoms with Crippen molar-refractivity contribution in [2.24, 2.45) is 0 Å². The van der Waals surface area contributed by atoms with E-state index in [2.05, 4.69) is 28.1 Å². The van der Waals surface area contributed by atoms with Gasteiger partial charge in [0.1, 0.15) is 0 Å². The zero-order chi connectivity index (χ0) is 13.5. The van der Waals surface area contributed by atoms with Gasteiger partial charge in [-0.3, -0.25) is 0 Å². The molecule has 0 unspecified atom stereocenters. The number of quaternary nitrogens is 2. The van der Waals surface area contributed by atoms with E-state index in [4.69, 9.17) is 0 Å². The van der Waals surface area contributed by atoms with Crippen molar-refractivity contribution in [3.8, 4) is 0 Å². The zero-order valence-corrected chi connectivity index (χ0v) is 13.4. The third kappa shape index (κ3) is 6.19. The number of rotatable bonds is 9. The molecule has 1 fully saturated rings. The Kier molecular flexibility index (Phi) is 6.65. The highest BCUT2D eigenvalue weighted by Gasteiger charge is 2.29. The SMILES string of the molecule is CCC[N+]1(CCCCCC[N+](C)(C)C)CCCC1. The first-order chi connectivity index (χ1) is 8.47. The van der Waals surface area contributed by atoms with E-state index in [1.54, 1.807) is 0 Å². The Morgan fingerprint density at radius 1 is 0.833 bits per heavy atom. The molecule has 18 heavy (non-hydrogen) atoms. The van der Waals surface area contributed by atoms with Gasteiger partial charge in [-0.1, -0.05) is 6.92 Å². The molecule has 0 radical (unpaired) electrons. The first kappa shape index (κ1) is 16.0. The first-order valence-electron chi connectivity index (χ1n) is 8.13. The summed E-state index contributed by atoms with van der Waals surface area (Å²) in [5.74, 6) is 0. The number of hydrogen-bond donors (Lipinski definition) is 0. The van der Waals surface area contributed by atoms with E-state index in [1.807, 2.05) is 0 Å². The van der Waals surface area contributed by atoms with Crippen LogP contribution in [-0.2, 0) is 0 Å². The molecule has 0 spiro atoms. The van der Waals surface area contributed by atoms with E-state index >= 15 is 0 Å². The van der Waals surface area contributed by atoms with Gasteiger partial charge in [0.25, 0.3) is 0 Å². The van der Waals surface area contributed by atoms with Crippen LogP contribution in [-0.4, -0.2) is 62.8 Å². The normalized spacial score (nSPS) is 19.3. The largest absolute Gasteiger partial charge is 0.331 e. The lowest BCUT2D eigenvalue weighted by Gasteiger charge is -2.34. The van der Waals surface area contributed by atoms with Crippen LogP contribution in [0.5, 0.6) is 0 Å². The highest BCUT2D eigenvalue weighted by atomic mass is 15.4. The number of nitrogens with zero attached hydrogens (tertiary/aromatic N) is 2. The lowest BCUT2D eigenvalue weighted by Crippen LogP contribution is -2.46. The summed E-state index contributed by atoms with van der Waals surface area (Å²) >= 11 is 0. The fourth-order valence-electron chi connectivity index (χ4n) is 3.43. The average Bonchev–Trinajstić information content (AvgIpc) is 2.71. The van der Waals surface area contributed by atoms with Gasteiger partial charge in [0, 0.05) is 12.8 Å². The van der Waals surface area contributed by atoms with Crippen molar-refractivity contribution < 1.29 is 8.97 Å². The molecule has 2 heteroatoms. The maximum atomic E-state index is 2.35. The number of unbranched alkanes of at least 4 members (excludes halogenated alkanes) is 3. The standard InChI is InChI=1S/C16H36N2/c1-5-12-18(15-10-11-16-18)14-9-7-6-8-13-17(2,3)4/h5-16H2,1-4H3/q+2. The van der Waals surface area contributed by atoms with Gasteiger partial charge < -0.3 is 8.97 Å². The minimum absolute atomic E-state index is 1.12. The highest BCUT2D eigenvalue weighted by Crippen LogP contribution is 2.21. The second-order valence-corrected chi connectivity index (χ2v) is 7.37. The van der Waals surface area contributed by atoms with Crippen LogP contribution in [0.15, 0.2) is 0 Å². The molecule has 0 aromatic carbocycles. The molecule has 1 heterocycles. The van der Waals surface area contributed by atoms with Crippen LogP contribution in [0.25, 0.3) is 0 Å². The van der Waals surface area contributed by atoms with Gasteiger partial charge in [0.2, 0.25) is 0 Å². The summed E-state index contributed by atoms with van der Waals surface area (Å²) in [6.45, 7) is 9.49. The van der Waals surface area contributed by atoms with Crippen molar-refractivity contribution in [1.29, 1.82) is 0 Å². The first-order valence-corrected chi connectivity index (χ1v) is 8.13. The molecule has 108 valence electrons. The molecule has 1 saturated heterocycles. The number of likely N-dealkylation sites (tertiary alicyclic amines) is 1. The molecule has 0 aromatic rings. The molecule has 0 aliphatic carbocycles. The summed E-state index contributed by atoms with van der Waals surface area (Å²) in [5, 5.41) is 0. The van der Waals surface area contributed by atoms with E-state index < -0.39 is 0 Å². The highest BCUT2D eigenvalue weighted by molar-refractivity contribution is 4.55. The maximum absolute atomic E-state index is 2.35. The third-order valence-corrected chi connectivity index (χ3v) is 4.42. The van der Waals surface area contributed by atoms with Crippen LogP contribution in [0.2, 0.25) is 0 Å². The summed E-state index contributed by atoms with van der Waals surface area (Å²) in [7, 11) is 6.89. The van der Waals surface area contributed by atoms with Crippen molar-refractivity contribution in [3.05, 3.63) is 0 Å². The minimum Gasteiger partial charge on any atom is -0.331 e. The Morgan fingerprint density at radius 3 is 2.00 bits per heavy atom. The van der Waals surface area contributed by atoms with Gasteiger partial charge in [-0.25, -0.2) is 0 Å². The van der Waals surface area contributed by atoms with Crippen molar-refractivity contribution in [1.82, 2.24) is 0 Å². The van der Waals surface area contributed by atoms with Gasteiger partial charge in [0.15, 0.2) is 0 Å². The molecule has 0 amide bonds. The van der Waals surface area contributed by atoms with Gasteiger partial charge in [-0.2, -0.15) is 0 Å². The van der Waals surface area contributed by atoms with Crippen LogP contribution in [0.3, 0.4) is 0 Å². The summed E-state index contributed by atoms with van der Waals surface area (Å²) in [4.78, 5) is 0. The van der Waals surface area contributed by atoms with Crippen LogP contribution in [0, 0.1) is 0 Å². The second kappa shape index (κ2) is 7.49. The lowest BCUT2D eigenvalue weighted by molar-refractivity contribution is -0.917. The van der Waals surface area contributed by atoms with Crippen LogP contribution in [0.1, 0.15) is 51.9 Å². The average molecular weight is 256 g/mol. The Hall–Kier alpha value is -0.0800. The van der Waals surface area contributed by atoms with Crippen molar-refractivity contribution >= 4 is 0 Å². The molecule has 0 bridgehead atoms. The minimum atomic E-state index is 1.12. The Morgan fingerprint density at radius 2 is 1.44 bits per heavy atom. The molecular formula is C16H36N2+2. The van der Waals surface area contributed by atoms with Crippen LogP contribution in [0.4, 0.5) is 0 Å². The second-order valence-electron chi connectivity index (χ2n) is 7.37. The fourth-order valence-corrected chi connectivity index (χ4v) is 3.43. The Balaban J connectivity index is 2.09. The topological polar surface area (TPSA) is 0 Å². The fraction of sp³-hybridized carbons (Fsp3) is 1.00. The van der Waals surface area contributed by atoms with E-state index in [9.17, 15) is 0 Å². The Bertz CT molecular complexity index is 212. The van der Waals surface area contributed by atoms with Crippen LogP contribution < -0.4 is 0 Å². The maximum Gasteiger partial charge on any atom is 0.0788 e. The summed E-state index contributed by atoms with van der Waals surface area (Å²) in [6.07, 6.45) is 10.0. The quantitative estimate of drug-likeness (QED) is 0.439. The summed E-state index contributed by atoms with van der Waals surface area (Å²) in [6, 6.07) is 0. The van der Waals surface area contributed by atoms with Gasteiger partial charge in [-0.15, -0.1) is 0 Å².